The van der Waals surface area contributed by atoms with Crippen LogP contribution in [0.25, 0.3) is 28.0 Å². The number of hydrogen-bond donors (Lipinski definition) is 0. The first-order valence-corrected chi connectivity index (χ1v) is 8.77. The van der Waals surface area contributed by atoms with E-state index in [1.165, 1.54) is 0 Å². The molecule has 0 saturated carbocycles. The minimum Gasteiger partial charge on any atom is -0.491 e. The van der Waals surface area contributed by atoms with Crippen LogP contribution in [0.2, 0.25) is 0 Å². The summed E-state index contributed by atoms with van der Waals surface area (Å²) < 4.78 is 7.82. The Morgan fingerprint density at radius 3 is 2.42 bits per heavy atom. The van der Waals surface area contributed by atoms with Crippen molar-refractivity contribution in [1.29, 1.82) is 0 Å². The first kappa shape index (κ1) is 16.3. The summed E-state index contributed by atoms with van der Waals surface area (Å²) in [5.74, 6) is 0.890. The van der Waals surface area contributed by atoms with Crippen LogP contribution in [-0.4, -0.2) is 20.5 Å². The van der Waals surface area contributed by atoms with Gasteiger partial charge in [-0.2, -0.15) is 0 Å². The maximum atomic E-state index is 5.72. The number of fused-ring (bicyclic) bond motifs is 1. The monoisotopic (exact) mass is 343 g/mol. The predicted molar refractivity (Wildman–Crippen MR) is 104 cm³/mol. The molecule has 3 aromatic heterocycles. The van der Waals surface area contributed by atoms with Crippen LogP contribution >= 0.6 is 0 Å². The lowest BCUT2D eigenvalue weighted by atomic mass is 10.1. The first-order chi connectivity index (χ1) is 12.6. The second kappa shape index (κ2) is 6.64. The van der Waals surface area contributed by atoms with E-state index in [0.717, 1.165) is 39.5 Å². The number of aryl methyl sites for hydroxylation is 1. The molecule has 0 saturated heterocycles. The van der Waals surface area contributed by atoms with Gasteiger partial charge in [-0.1, -0.05) is 12.1 Å². The molecule has 26 heavy (non-hydrogen) atoms. The van der Waals surface area contributed by atoms with E-state index in [4.69, 9.17) is 4.74 Å². The molecule has 0 aliphatic carbocycles. The number of nitrogens with zero attached hydrogens (tertiary/aromatic N) is 3. The standard InChI is InChI=1S/C22H21N3O/c1-15(2)26-20-6-4-17(5-7-20)18-9-11-25-21(14-24-22(25)13-18)19-8-10-23-16(3)12-19/h4-15H,1-3H3. The zero-order chi connectivity index (χ0) is 18.1. The quantitative estimate of drug-likeness (QED) is 0.514. The lowest BCUT2D eigenvalue weighted by Gasteiger charge is -2.10. The van der Waals surface area contributed by atoms with Crippen molar-refractivity contribution in [2.24, 2.45) is 0 Å². The minimum absolute atomic E-state index is 0.178. The van der Waals surface area contributed by atoms with Gasteiger partial charge in [-0.15, -0.1) is 0 Å². The van der Waals surface area contributed by atoms with E-state index in [0.29, 0.717) is 0 Å². The molecule has 0 atom stereocenters. The van der Waals surface area contributed by atoms with Crippen LogP contribution in [0.5, 0.6) is 5.75 Å². The van der Waals surface area contributed by atoms with E-state index in [1.807, 2.05) is 51.4 Å². The van der Waals surface area contributed by atoms with Gasteiger partial charge in [-0.05, 0) is 68.3 Å². The Hall–Kier alpha value is -3.14. The molecule has 0 unspecified atom stereocenters. The highest BCUT2D eigenvalue weighted by molar-refractivity contribution is 5.71. The van der Waals surface area contributed by atoms with Gasteiger partial charge in [0.25, 0.3) is 0 Å². The molecular formula is C22H21N3O. The summed E-state index contributed by atoms with van der Waals surface area (Å²) in [4.78, 5) is 8.85. The van der Waals surface area contributed by atoms with E-state index in [-0.39, 0.29) is 6.10 Å². The molecule has 130 valence electrons. The van der Waals surface area contributed by atoms with Gasteiger partial charge in [0.1, 0.15) is 11.4 Å². The molecule has 0 bridgehead atoms. The van der Waals surface area contributed by atoms with Gasteiger partial charge in [-0.25, -0.2) is 4.98 Å². The third kappa shape index (κ3) is 3.18. The molecule has 4 rings (SSSR count). The zero-order valence-corrected chi connectivity index (χ0v) is 15.2. The molecule has 3 heterocycles. The molecule has 4 nitrogen and oxygen atoms in total. The Morgan fingerprint density at radius 1 is 0.885 bits per heavy atom. The number of benzene rings is 1. The summed E-state index contributed by atoms with van der Waals surface area (Å²) in [5.41, 5.74) is 6.39. The number of hydrogen-bond acceptors (Lipinski definition) is 3. The number of ether oxygens (including phenoxy) is 1. The van der Waals surface area contributed by atoms with Crippen LogP contribution in [-0.2, 0) is 0 Å². The maximum absolute atomic E-state index is 5.72. The van der Waals surface area contributed by atoms with Gasteiger partial charge in [0, 0.05) is 23.7 Å². The van der Waals surface area contributed by atoms with Crippen molar-refractivity contribution >= 4 is 5.65 Å². The fourth-order valence-electron chi connectivity index (χ4n) is 3.08. The predicted octanol–water partition coefficient (Wildman–Crippen LogP) is 5.16. The van der Waals surface area contributed by atoms with Crippen LogP contribution in [0.15, 0.2) is 67.1 Å². The Morgan fingerprint density at radius 2 is 1.69 bits per heavy atom. The zero-order valence-electron chi connectivity index (χ0n) is 15.2. The molecule has 0 amide bonds. The summed E-state index contributed by atoms with van der Waals surface area (Å²) in [7, 11) is 0. The van der Waals surface area contributed by atoms with Crippen molar-refractivity contribution in [3.63, 3.8) is 0 Å². The Balaban J connectivity index is 1.69. The van der Waals surface area contributed by atoms with Crippen molar-refractivity contribution < 1.29 is 4.74 Å². The fourth-order valence-corrected chi connectivity index (χ4v) is 3.08. The lowest BCUT2D eigenvalue weighted by molar-refractivity contribution is 0.242. The molecule has 0 radical (unpaired) electrons. The SMILES string of the molecule is Cc1cc(-c2cnc3cc(-c4ccc(OC(C)C)cc4)ccn23)ccn1. The lowest BCUT2D eigenvalue weighted by Crippen LogP contribution is -2.05. The van der Waals surface area contributed by atoms with E-state index in [9.17, 15) is 0 Å². The summed E-state index contributed by atoms with van der Waals surface area (Å²) in [6.07, 6.45) is 5.99. The van der Waals surface area contributed by atoms with E-state index < -0.39 is 0 Å². The van der Waals surface area contributed by atoms with Crippen LogP contribution in [0.1, 0.15) is 19.5 Å². The topological polar surface area (TPSA) is 39.4 Å². The Labute approximate surface area is 153 Å². The average Bonchev–Trinajstić information content (AvgIpc) is 3.05. The second-order valence-electron chi connectivity index (χ2n) is 6.66. The van der Waals surface area contributed by atoms with Crippen molar-refractivity contribution in [1.82, 2.24) is 14.4 Å². The van der Waals surface area contributed by atoms with Gasteiger partial charge in [0.2, 0.25) is 0 Å². The fraction of sp³-hybridized carbons (Fsp3) is 0.182. The maximum Gasteiger partial charge on any atom is 0.137 e. The van der Waals surface area contributed by atoms with Crippen molar-refractivity contribution in [3.05, 3.63) is 72.8 Å². The number of aromatic nitrogens is 3. The highest BCUT2D eigenvalue weighted by Crippen LogP contribution is 2.26. The molecule has 0 spiro atoms. The van der Waals surface area contributed by atoms with Crippen LogP contribution in [0.3, 0.4) is 0 Å². The van der Waals surface area contributed by atoms with Gasteiger partial charge in [-0.3, -0.25) is 9.38 Å². The normalized spacial score (nSPS) is 11.2. The summed E-state index contributed by atoms with van der Waals surface area (Å²) in [6.45, 7) is 6.06. The van der Waals surface area contributed by atoms with Gasteiger partial charge >= 0.3 is 0 Å². The second-order valence-corrected chi connectivity index (χ2v) is 6.66. The van der Waals surface area contributed by atoms with Crippen LogP contribution in [0, 0.1) is 6.92 Å². The molecular weight excluding hydrogens is 322 g/mol. The Kier molecular flexibility index (Phi) is 4.17. The summed E-state index contributed by atoms with van der Waals surface area (Å²) in [6, 6.07) is 16.5. The number of rotatable bonds is 4. The molecule has 0 N–H and O–H groups in total. The third-order valence-corrected chi connectivity index (χ3v) is 4.27. The van der Waals surface area contributed by atoms with E-state index in [2.05, 4.69) is 50.9 Å². The van der Waals surface area contributed by atoms with Crippen molar-refractivity contribution in [2.75, 3.05) is 0 Å². The smallest absolute Gasteiger partial charge is 0.137 e. The van der Waals surface area contributed by atoms with Crippen LogP contribution in [0.4, 0.5) is 0 Å². The molecule has 4 heteroatoms. The Bertz CT molecular complexity index is 1050. The first-order valence-electron chi connectivity index (χ1n) is 8.77. The van der Waals surface area contributed by atoms with Gasteiger partial charge < -0.3 is 4.74 Å². The third-order valence-electron chi connectivity index (χ3n) is 4.27. The summed E-state index contributed by atoms with van der Waals surface area (Å²) in [5, 5.41) is 0. The largest absolute Gasteiger partial charge is 0.491 e. The van der Waals surface area contributed by atoms with E-state index >= 15 is 0 Å². The number of pyridine rings is 2. The molecule has 0 aliphatic rings. The molecule has 4 aromatic rings. The van der Waals surface area contributed by atoms with Gasteiger partial charge in [0.05, 0.1) is 18.0 Å². The number of imidazole rings is 1. The molecule has 1 aromatic carbocycles. The highest BCUT2D eigenvalue weighted by atomic mass is 16.5. The van der Waals surface area contributed by atoms with E-state index in [1.54, 1.807) is 0 Å². The van der Waals surface area contributed by atoms with Gasteiger partial charge in [0.15, 0.2) is 0 Å². The average molecular weight is 343 g/mol. The van der Waals surface area contributed by atoms with Crippen molar-refractivity contribution in [2.45, 2.75) is 26.9 Å². The molecule has 0 fully saturated rings. The van der Waals surface area contributed by atoms with Crippen molar-refractivity contribution in [3.8, 4) is 28.1 Å². The van der Waals surface area contributed by atoms with Crippen LogP contribution < -0.4 is 4.74 Å². The highest BCUT2D eigenvalue weighted by Gasteiger charge is 2.08. The molecule has 0 aliphatic heterocycles. The minimum atomic E-state index is 0.178. The summed E-state index contributed by atoms with van der Waals surface area (Å²) >= 11 is 0.